The Morgan fingerprint density at radius 2 is 2.38 bits per heavy atom. The van der Waals surface area contributed by atoms with Crippen molar-refractivity contribution in [2.75, 3.05) is 0 Å². The van der Waals surface area contributed by atoms with Crippen molar-refractivity contribution >= 4 is 5.97 Å². The van der Waals surface area contributed by atoms with Gasteiger partial charge in [-0.2, -0.15) is 0 Å². The first-order valence-corrected chi connectivity index (χ1v) is 4.12. The first-order chi connectivity index (χ1) is 5.96. The monoisotopic (exact) mass is 182 g/mol. The van der Waals surface area contributed by atoms with Gasteiger partial charge in [-0.15, -0.1) is 0 Å². The van der Waals surface area contributed by atoms with E-state index in [1.54, 1.807) is 25.2 Å². The van der Waals surface area contributed by atoms with Crippen LogP contribution in [0.15, 0.2) is 23.9 Å². The van der Waals surface area contributed by atoms with E-state index >= 15 is 0 Å². The molecule has 0 saturated heterocycles. The maximum atomic E-state index is 10.7. The average molecular weight is 182 g/mol. The molecule has 0 aromatic heterocycles. The van der Waals surface area contributed by atoms with Gasteiger partial charge in [-0.3, -0.25) is 4.79 Å². The Balaban J connectivity index is 2.81. The van der Waals surface area contributed by atoms with Gasteiger partial charge in [0.1, 0.15) is 0 Å². The Kier molecular flexibility index (Phi) is 2.43. The predicted octanol–water partition coefficient (Wildman–Crippen LogP) is 0.207. The molecule has 0 amide bonds. The summed E-state index contributed by atoms with van der Waals surface area (Å²) in [6, 6.07) is 0. The SMILES string of the molecule is CC(C(=O)O)C1(N)C=CC(N)=CC1. The molecule has 4 heteroatoms. The molecule has 1 aliphatic carbocycles. The number of carboxylic acids is 1. The van der Waals surface area contributed by atoms with Crippen molar-refractivity contribution in [1.29, 1.82) is 0 Å². The van der Waals surface area contributed by atoms with E-state index in [2.05, 4.69) is 0 Å². The molecule has 1 aliphatic rings. The molecule has 0 spiro atoms. The van der Waals surface area contributed by atoms with Crippen LogP contribution in [-0.2, 0) is 4.79 Å². The molecule has 0 fully saturated rings. The zero-order valence-corrected chi connectivity index (χ0v) is 7.53. The molecule has 72 valence electrons. The molecule has 0 saturated carbocycles. The first kappa shape index (κ1) is 9.80. The smallest absolute Gasteiger partial charge is 0.308 e. The molecule has 0 aliphatic heterocycles. The minimum absolute atomic E-state index is 0.475. The highest BCUT2D eigenvalue weighted by molar-refractivity contribution is 5.72. The summed E-state index contributed by atoms with van der Waals surface area (Å²) in [4.78, 5) is 10.7. The number of hydrogen-bond donors (Lipinski definition) is 3. The van der Waals surface area contributed by atoms with Gasteiger partial charge in [0.05, 0.1) is 11.5 Å². The van der Waals surface area contributed by atoms with Crippen LogP contribution in [0.4, 0.5) is 0 Å². The van der Waals surface area contributed by atoms with Gasteiger partial charge in [-0.25, -0.2) is 0 Å². The van der Waals surface area contributed by atoms with Crippen LogP contribution in [0, 0.1) is 5.92 Å². The lowest BCUT2D eigenvalue weighted by atomic mass is 9.80. The second-order valence-corrected chi connectivity index (χ2v) is 3.41. The number of carboxylic acid groups (broad SMARTS) is 1. The van der Waals surface area contributed by atoms with Crippen LogP contribution in [0.2, 0.25) is 0 Å². The predicted molar refractivity (Wildman–Crippen MR) is 49.7 cm³/mol. The second-order valence-electron chi connectivity index (χ2n) is 3.41. The Morgan fingerprint density at radius 1 is 1.77 bits per heavy atom. The van der Waals surface area contributed by atoms with Gasteiger partial charge in [-0.05, 0) is 19.4 Å². The zero-order valence-electron chi connectivity index (χ0n) is 7.53. The van der Waals surface area contributed by atoms with E-state index in [4.69, 9.17) is 16.6 Å². The van der Waals surface area contributed by atoms with Crippen LogP contribution in [0.1, 0.15) is 13.3 Å². The Morgan fingerprint density at radius 3 is 2.77 bits per heavy atom. The largest absolute Gasteiger partial charge is 0.481 e. The van der Waals surface area contributed by atoms with Crippen LogP contribution in [0.25, 0.3) is 0 Å². The summed E-state index contributed by atoms with van der Waals surface area (Å²) in [5.74, 6) is -1.49. The standard InChI is InChI=1S/C9H14N2O2/c1-6(8(12)13)9(11)4-2-7(10)3-5-9/h2-4,6H,5,10-11H2,1H3,(H,12,13). The van der Waals surface area contributed by atoms with Gasteiger partial charge in [-0.1, -0.05) is 12.2 Å². The number of rotatable bonds is 2. The summed E-state index contributed by atoms with van der Waals surface area (Å²) in [5, 5.41) is 8.80. The highest BCUT2D eigenvalue weighted by Crippen LogP contribution is 2.25. The van der Waals surface area contributed by atoms with Crippen LogP contribution in [0.3, 0.4) is 0 Å². The number of aliphatic carboxylic acids is 1. The molecule has 4 nitrogen and oxygen atoms in total. The minimum Gasteiger partial charge on any atom is -0.481 e. The summed E-state index contributed by atoms with van der Waals surface area (Å²) in [6.45, 7) is 1.60. The molecule has 1 rings (SSSR count). The van der Waals surface area contributed by atoms with Gasteiger partial charge in [0.25, 0.3) is 0 Å². The molecule has 0 aromatic rings. The molecular weight excluding hydrogens is 168 g/mol. The average Bonchev–Trinajstić information content (AvgIpc) is 2.09. The Labute approximate surface area is 76.9 Å². The van der Waals surface area contributed by atoms with Crippen molar-refractivity contribution in [3.05, 3.63) is 23.9 Å². The maximum Gasteiger partial charge on any atom is 0.308 e. The molecule has 2 atom stereocenters. The topological polar surface area (TPSA) is 89.3 Å². The molecule has 5 N–H and O–H groups in total. The lowest BCUT2D eigenvalue weighted by Crippen LogP contribution is -2.48. The first-order valence-electron chi connectivity index (χ1n) is 4.12. The van der Waals surface area contributed by atoms with Crippen LogP contribution in [-0.4, -0.2) is 16.6 Å². The number of carbonyl (C=O) groups is 1. The zero-order chi connectivity index (χ0) is 10.1. The Hall–Kier alpha value is -1.29. The van der Waals surface area contributed by atoms with Crippen molar-refractivity contribution < 1.29 is 9.90 Å². The molecule has 13 heavy (non-hydrogen) atoms. The van der Waals surface area contributed by atoms with Crippen LogP contribution < -0.4 is 11.5 Å². The summed E-state index contributed by atoms with van der Waals surface area (Å²) in [6.07, 6.45) is 5.55. The van der Waals surface area contributed by atoms with E-state index in [0.717, 1.165) is 0 Å². The summed E-state index contributed by atoms with van der Waals surface area (Å²) in [5.41, 5.74) is 11.2. The van der Waals surface area contributed by atoms with Gasteiger partial charge in [0.2, 0.25) is 0 Å². The van der Waals surface area contributed by atoms with Gasteiger partial charge >= 0.3 is 5.97 Å². The van der Waals surface area contributed by atoms with Crippen molar-refractivity contribution in [3.63, 3.8) is 0 Å². The fourth-order valence-electron chi connectivity index (χ4n) is 1.23. The third-order valence-electron chi connectivity index (χ3n) is 2.45. The van der Waals surface area contributed by atoms with E-state index < -0.39 is 17.4 Å². The van der Waals surface area contributed by atoms with Crippen molar-refractivity contribution in [2.45, 2.75) is 18.9 Å². The summed E-state index contributed by atoms with van der Waals surface area (Å²) in [7, 11) is 0. The van der Waals surface area contributed by atoms with E-state index in [9.17, 15) is 4.79 Å². The van der Waals surface area contributed by atoms with Crippen molar-refractivity contribution in [2.24, 2.45) is 17.4 Å². The highest BCUT2D eigenvalue weighted by atomic mass is 16.4. The lowest BCUT2D eigenvalue weighted by molar-refractivity contribution is -0.142. The normalized spacial score (nSPS) is 29.5. The summed E-state index contributed by atoms with van der Waals surface area (Å²) < 4.78 is 0. The highest BCUT2D eigenvalue weighted by Gasteiger charge is 2.34. The maximum absolute atomic E-state index is 10.7. The van der Waals surface area contributed by atoms with Crippen molar-refractivity contribution in [1.82, 2.24) is 0 Å². The van der Waals surface area contributed by atoms with Gasteiger partial charge in [0, 0.05) is 5.70 Å². The van der Waals surface area contributed by atoms with Gasteiger partial charge < -0.3 is 16.6 Å². The fraction of sp³-hybridized carbons (Fsp3) is 0.444. The minimum atomic E-state index is -0.888. The second kappa shape index (κ2) is 3.22. The molecule has 0 aromatic carbocycles. The Bertz CT molecular complexity index is 283. The molecular formula is C9H14N2O2. The molecule has 2 unspecified atom stereocenters. The van der Waals surface area contributed by atoms with E-state index in [1.165, 1.54) is 0 Å². The van der Waals surface area contributed by atoms with Crippen molar-refractivity contribution in [3.8, 4) is 0 Å². The number of nitrogens with two attached hydrogens (primary N) is 2. The molecule has 0 heterocycles. The molecule has 0 bridgehead atoms. The van der Waals surface area contributed by atoms with E-state index in [-0.39, 0.29) is 0 Å². The quantitative estimate of drug-likeness (QED) is 0.569. The third kappa shape index (κ3) is 1.89. The molecule has 0 radical (unpaired) electrons. The lowest BCUT2D eigenvalue weighted by Gasteiger charge is -2.31. The number of allylic oxidation sites excluding steroid dienone is 1. The van der Waals surface area contributed by atoms with Crippen LogP contribution >= 0.6 is 0 Å². The van der Waals surface area contributed by atoms with E-state index in [1.807, 2.05) is 0 Å². The third-order valence-corrected chi connectivity index (χ3v) is 2.45. The van der Waals surface area contributed by atoms with Gasteiger partial charge in [0.15, 0.2) is 0 Å². The summed E-state index contributed by atoms with van der Waals surface area (Å²) >= 11 is 0. The van der Waals surface area contributed by atoms with E-state index in [0.29, 0.717) is 12.1 Å². The van der Waals surface area contributed by atoms with Crippen LogP contribution in [0.5, 0.6) is 0 Å². The fourth-order valence-corrected chi connectivity index (χ4v) is 1.23. The number of hydrogen-bond acceptors (Lipinski definition) is 3.